The number of anilines is 1. The number of hydrogen-bond donors (Lipinski definition) is 1. The van der Waals surface area contributed by atoms with Gasteiger partial charge in [0.25, 0.3) is 0 Å². The Kier molecular flexibility index (Phi) is 9.27. The minimum atomic E-state index is -3.75. The van der Waals surface area contributed by atoms with E-state index in [1.165, 1.54) is 4.90 Å². The molecule has 2 aromatic rings. The van der Waals surface area contributed by atoms with Crippen LogP contribution in [0.1, 0.15) is 49.4 Å². The number of benzene rings is 2. The number of amides is 2. The fraction of sp³-hybridized carbons (Fsp3) is 0.462. The first-order valence-corrected chi connectivity index (χ1v) is 13.4. The van der Waals surface area contributed by atoms with Crippen LogP contribution >= 0.6 is 0 Å². The lowest BCUT2D eigenvalue weighted by atomic mass is 10.1. The van der Waals surface area contributed by atoms with Crippen LogP contribution in [0.4, 0.5) is 5.69 Å². The van der Waals surface area contributed by atoms with Gasteiger partial charge in [0.15, 0.2) is 0 Å². The topological polar surface area (TPSA) is 86.8 Å². The number of nitrogens with one attached hydrogen (secondary N) is 1. The zero-order valence-corrected chi connectivity index (χ0v) is 22.1. The zero-order valence-electron chi connectivity index (χ0n) is 21.3. The lowest BCUT2D eigenvalue weighted by Gasteiger charge is -2.33. The Labute approximate surface area is 204 Å². The minimum absolute atomic E-state index is 0.0834. The maximum atomic E-state index is 13.7. The van der Waals surface area contributed by atoms with Crippen molar-refractivity contribution < 1.29 is 18.0 Å². The van der Waals surface area contributed by atoms with Gasteiger partial charge in [-0.1, -0.05) is 48.9 Å². The van der Waals surface area contributed by atoms with Crippen molar-refractivity contribution in [3.8, 4) is 0 Å². The summed E-state index contributed by atoms with van der Waals surface area (Å²) in [4.78, 5) is 28.2. The molecular formula is C26H37N3O4S. The summed E-state index contributed by atoms with van der Waals surface area (Å²) in [6.45, 7) is 11.1. The van der Waals surface area contributed by atoms with E-state index in [4.69, 9.17) is 0 Å². The SMILES string of the molecule is CCC(C(=O)NC(C)C)N(Cc1cccc(C)c1)C(=O)CN(c1cccc(C)c1C)S(C)(=O)=O. The van der Waals surface area contributed by atoms with Gasteiger partial charge in [0.1, 0.15) is 12.6 Å². The first-order valence-electron chi connectivity index (χ1n) is 11.5. The molecule has 0 heterocycles. The Morgan fingerprint density at radius 2 is 1.68 bits per heavy atom. The number of aryl methyl sites for hydroxylation is 2. The highest BCUT2D eigenvalue weighted by atomic mass is 32.2. The molecule has 0 spiro atoms. The number of nitrogens with zero attached hydrogens (tertiary/aromatic N) is 2. The molecule has 0 bridgehead atoms. The lowest BCUT2D eigenvalue weighted by Crippen LogP contribution is -2.53. The minimum Gasteiger partial charge on any atom is -0.352 e. The Morgan fingerprint density at radius 3 is 2.24 bits per heavy atom. The van der Waals surface area contributed by atoms with Crippen molar-refractivity contribution in [2.75, 3.05) is 17.1 Å². The van der Waals surface area contributed by atoms with Crippen molar-refractivity contribution in [3.63, 3.8) is 0 Å². The van der Waals surface area contributed by atoms with Crippen molar-refractivity contribution in [2.24, 2.45) is 0 Å². The summed E-state index contributed by atoms with van der Waals surface area (Å²) in [6, 6.07) is 12.3. The number of sulfonamides is 1. The predicted octanol–water partition coefficient (Wildman–Crippen LogP) is 3.71. The van der Waals surface area contributed by atoms with E-state index in [1.54, 1.807) is 12.1 Å². The van der Waals surface area contributed by atoms with Gasteiger partial charge in [0, 0.05) is 12.6 Å². The van der Waals surface area contributed by atoms with E-state index < -0.39 is 22.0 Å². The zero-order chi connectivity index (χ0) is 25.6. The van der Waals surface area contributed by atoms with E-state index in [2.05, 4.69) is 5.32 Å². The number of hydrogen-bond acceptors (Lipinski definition) is 4. The summed E-state index contributed by atoms with van der Waals surface area (Å²) in [5.74, 6) is -0.685. The van der Waals surface area contributed by atoms with Crippen LogP contribution in [0.3, 0.4) is 0 Å². The molecular weight excluding hydrogens is 450 g/mol. The molecule has 7 nitrogen and oxygen atoms in total. The third-order valence-electron chi connectivity index (χ3n) is 5.78. The van der Waals surface area contributed by atoms with E-state index in [0.29, 0.717) is 12.1 Å². The molecule has 0 aliphatic rings. The molecule has 0 fully saturated rings. The van der Waals surface area contributed by atoms with Crippen LogP contribution in [0.25, 0.3) is 0 Å². The largest absolute Gasteiger partial charge is 0.352 e. The van der Waals surface area contributed by atoms with Crippen molar-refractivity contribution in [3.05, 3.63) is 64.7 Å². The molecule has 0 aliphatic carbocycles. The predicted molar refractivity (Wildman–Crippen MR) is 137 cm³/mol. The lowest BCUT2D eigenvalue weighted by molar-refractivity contribution is -0.140. The highest BCUT2D eigenvalue weighted by Crippen LogP contribution is 2.25. The molecule has 0 aliphatic heterocycles. The van der Waals surface area contributed by atoms with Gasteiger partial charge in [0.05, 0.1) is 11.9 Å². The van der Waals surface area contributed by atoms with Gasteiger partial charge < -0.3 is 10.2 Å². The molecule has 0 saturated heterocycles. The summed E-state index contributed by atoms with van der Waals surface area (Å²) in [7, 11) is -3.75. The normalized spacial score (nSPS) is 12.4. The molecule has 0 aromatic heterocycles. The molecule has 0 radical (unpaired) electrons. The van der Waals surface area contributed by atoms with Crippen molar-refractivity contribution >= 4 is 27.5 Å². The quantitative estimate of drug-likeness (QED) is 0.554. The van der Waals surface area contributed by atoms with Crippen molar-refractivity contribution in [1.82, 2.24) is 10.2 Å². The Hall–Kier alpha value is -2.87. The fourth-order valence-corrected chi connectivity index (χ4v) is 4.81. The molecule has 1 unspecified atom stereocenters. The second kappa shape index (κ2) is 11.5. The first-order chi connectivity index (χ1) is 15.8. The maximum absolute atomic E-state index is 13.7. The van der Waals surface area contributed by atoms with Gasteiger partial charge in [-0.3, -0.25) is 13.9 Å². The van der Waals surface area contributed by atoms with Crippen molar-refractivity contribution in [2.45, 2.75) is 66.6 Å². The monoisotopic (exact) mass is 487 g/mol. The van der Waals surface area contributed by atoms with E-state index in [9.17, 15) is 18.0 Å². The Balaban J connectivity index is 2.49. The van der Waals surface area contributed by atoms with Crippen LogP contribution in [0.2, 0.25) is 0 Å². The van der Waals surface area contributed by atoms with Crippen LogP contribution in [0.15, 0.2) is 42.5 Å². The molecule has 0 saturated carbocycles. The van der Waals surface area contributed by atoms with Gasteiger partial charge in [0.2, 0.25) is 21.8 Å². The van der Waals surface area contributed by atoms with Gasteiger partial charge >= 0.3 is 0 Å². The van der Waals surface area contributed by atoms with Crippen LogP contribution < -0.4 is 9.62 Å². The van der Waals surface area contributed by atoms with E-state index in [-0.39, 0.29) is 25.0 Å². The molecule has 1 atom stereocenters. The van der Waals surface area contributed by atoms with Gasteiger partial charge in [-0.2, -0.15) is 0 Å². The van der Waals surface area contributed by atoms with Gasteiger partial charge in [-0.05, 0) is 63.8 Å². The molecule has 2 amide bonds. The fourth-order valence-electron chi connectivity index (χ4n) is 3.91. The number of carbonyl (C=O) groups excluding carboxylic acids is 2. The molecule has 2 rings (SSSR count). The molecule has 1 N–H and O–H groups in total. The van der Waals surface area contributed by atoms with Gasteiger partial charge in [-0.25, -0.2) is 8.42 Å². The van der Waals surface area contributed by atoms with Crippen LogP contribution in [0.5, 0.6) is 0 Å². The summed E-state index contributed by atoms with van der Waals surface area (Å²) >= 11 is 0. The van der Waals surface area contributed by atoms with E-state index >= 15 is 0 Å². The summed E-state index contributed by atoms with van der Waals surface area (Å²) in [6.07, 6.45) is 1.49. The summed E-state index contributed by atoms with van der Waals surface area (Å²) in [5, 5.41) is 2.89. The Bertz CT molecular complexity index is 1130. The average Bonchev–Trinajstić information content (AvgIpc) is 2.72. The third kappa shape index (κ3) is 7.06. The van der Waals surface area contributed by atoms with Crippen LogP contribution in [-0.4, -0.2) is 50.0 Å². The molecule has 186 valence electrons. The third-order valence-corrected chi connectivity index (χ3v) is 6.90. The average molecular weight is 488 g/mol. The Morgan fingerprint density at radius 1 is 1.03 bits per heavy atom. The van der Waals surface area contributed by atoms with E-state index in [0.717, 1.165) is 32.8 Å². The number of carbonyl (C=O) groups is 2. The smallest absolute Gasteiger partial charge is 0.244 e. The highest BCUT2D eigenvalue weighted by Gasteiger charge is 2.32. The standard InChI is InChI=1S/C26H37N3O4S/c1-8-23(26(31)27-18(2)3)28(16-22-13-9-11-19(4)15-22)25(30)17-29(34(7,32)33)24-14-10-12-20(5)21(24)6/h9-15,18,23H,8,16-17H2,1-7H3,(H,27,31). The second-order valence-corrected chi connectivity index (χ2v) is 11.0. The molecule has 2 aromatic carbocycles. The molecule has 8 heteroatoms. The van der Waals surface area contributed by atoms with Gasteiger partial charge in [-0.15, -0.1) is 0 Å². The number of rotatable bonds is 10. The summed E-state index contributed by atoms with van der Waals surface area (Å²) < 4.78 is 26.6. The van der Waals surface area contributed by atoms with Crippen LogP contribution in [0, 0.1) is 20.8 Å². The highest BCUT2D eigenvalue weighted by molar-refractivity contribution is 7.92. The van der Waals surface area contributed by atoms with E-state index in [1.807, 2.05) is 71.9 Å². The van der Waals surface area contributed by atoms with Crippen LogP contribution in [-0.2, 0) is 26.2 Å². The first kappa shape index (κ1) is 27.4. The molecule has 34 heavy (non-hydrogen) atoms. The summed E-state index contributed by atoms with van der Waals surface area (Å²) in [5.41, 5.74) is 4.10. The van der Waals surface area contributed by atoms with Crippen molar-refractivity contribution in [1.29, 1.82) is 0 Å². The second-order valence-electron chi connectivity index (χ2n) is 9.09. The maximum Gasteiger partial charge on any atom is 0.244 e.